The van der Waals surface area contributed by atoms with Gasteiger partial charge in [-0.3, -0.25) is 10.1 Å². The van der Waals surface area contributed by atoms with Crippen LogP contribution in [0.2, 0.25) is 0 Å². The Kier molecular flexibility index (Phi) is 4.74. The van der Waals surface area contributed by atoms with E-state index in [2.05, 4.69) is 26.0 Å². The summed E-state index contributed by atoms with van der Waals surface area (Å²) in [6.45, 7) is 1.46. The minimum absolute atomic E-state index is 0.195. The molecule has 0 aromatic heterocycles. The summed E-state index contributed by atoms with van der Waals surface area (Å²) >= 11 is 3.14. The highest BCUT2D eigenvalue weighted by Crippen LogP contribution is 2.27. The Labute approximate surface area is 125 Å². The molecular weight excluding hydrogens is 350 g/mol. The molecule has 1 heterocycles. The third-order valence-electron chi connectivity index (χ3n) is 3.07. The van der Waals surface area contributed by atoms with E-state index in [1.807, 2.05) is 0 Å². The first kappa shape index (κ1) is 15.4. The third-order valence-corrected chi connectivity index (χ3v) is 5.11. The van der Waals surface area contributed by atoms with E-state index in [9.17, 15) is 18.5 Å². The zero-order valence-electron chi connectivity index (χ0n) is 10.5. The van der Waals surface area contributed by atoms with E-state index in [1.54, 1.807) is 0 Å². The summed E-state index contributed by atoms with van der Waals surface area (Å²) < 4.78 is 27.7. The van der Waals surface area contributed by atoms with Crippen molar-refractivity contribution >= 4 is 31.6 Å². The van der Waals surface area contributed by atoms with Crippen molar-refractivity contribution in [3.63, 3.8) is 0 Å². The molecule has 1 aromatic carbocycles. The van der Waals surface area contributed by atoms with Crippen molar-refractivity contribution in [2.75, 3.05) is 13.1 Å². The molecule has 1 aliphatic rings. The summed E-state index contributed by atoms with van der Waals surface area (Å²) in [7, 11) is -3.91. The molecule has 9 heteroatoms. The van der Waals surface area contributed by atoms with Crippen LogP contribution in [-0.4, -0.2) is 32.5 Å². The Morgan fingerprint density at radius 2 is 2.00 bits per heavy atom. The number of hydrogen-bond donors (Lipinski definition) is 2. The molecule has 0 aliphatic carbocycles. The van der Waals surface area contributed by atoms with Gasteiger partial charge >= 0.3 is 0 Å². The molecule has 1 fully saturated rings. The average Bonchev–Trinajstić information content (AvgIpc) is 2.39. The lowest BCUT2D eigenvalue weighted by atomic mass is 10.1. The van der Waals surface area contributed by atoms with Gasteiger partial charge < -0.3 is 5.32 Å². The molecule has 0 unspecified atom stereocenters. The molecule has 110 valence electrons. The molecule has 0 radical (unpaired) electrons. The van der Waals surface area contributed by atoms with E-state index < -0.39 is 20.6 Å². The van der Waals surface area contributed by atoms with Crippen LogP contribution in [0.1, 0.15) is 12.8 Å². The normalized spacial score (nSPS) is 17.1. The first-order chi connectivity index (χ1) is 9.40. The molecule has 1 aliphatic heterocycles. The highest BCUT2D eigenvalue weighted by atomic mass is 79.9. The van der Waals surface area contributed by atoms with Crippen molar-refractivity contribution in [1.82, 2.24) is 10.0 Å². The third kappa shape index (κ3) is 3.54. The van der Waals surface area contributed by atoms with Gasteiger partial charge in [0.25, 0.3) is 5.69 Å². The van der Waals surface area contributed by atoms with Gasteiger partial charge in [0, 0.05) is 16.6 Å². The van der Waals surface area contributed by atoms with Crippen LogP contribution >= 0.6 is 15.9 Å². The summed E-state index contributed by atoms with van der Waals surface area (Å²) in [5, 5.41) is 14.1. The topological polar surface area (TPSA) is 101 Å². The van der Waals surface area contributed by atoms with Crippen LogP contribution in [0.15, 0.2) is 27.6 Å². The van der Waals surface area contributed by atoms with E-state index in [-0.39, 0.29) is 10.9 Å². The van der Waals surface area contributed by atoms with Crippen molar-refractivity contribution in [1.29, 1.82) is 0 Å². The number of sulfonamides is 1. The number of halogens is 1. The number of piperidine rings is 1. The van der Waals surface area contributed by atoms with Crippen molar-refractivity contribution in [2.45, 2.75) is 23.8 Å². The van der Waals surface area contributed by atoms with Crippen LogP contribution < -0.4 is 10.0 Å². The number of nitrogens with one attached hydrogen (secondary N) is 2. The van der Waals surface area contributed by atoms with Crippen molar-refractivity contribution in [2.24, 2.45) is 0 Å². The molecule has 7 nitrogen and oxygen atoms in total. The molecule has 0 saturated carbocycles. The molecule has 20 heavy (non-hydrogen) atoms. The monoisotopic (exact) mass is 363 g/mol. The fourth-order valence-electron chi connectivity index (χ4n) is 2.08. The smallest absolute Gasteiger partial charge is 0.289 e. The first-order valence-corrected chi connectivity index (χ1v) is 8.35. The van der Waals surface area contributed by atoms with Gasteiger partial charge in [0.05, 0.1) is 4.92 Å². The Morgan fingerprint density at radius 3 is 2.60 bits per heavy atom. The Morgan fingerprint density at radius 1 is 1.35 bits per heavy atom. The van der Waals surface area contributed by atoms with Crippen molar-refractivity contribution < 1.29 is 13.3 Å². The zero-order valence-corrected chi connectivity index (χ0v) is 12.9. The predicted molar refractivity (Wildman–Crippen MR) is 77.0 cm³/mol. The van der Waals surface area contributed by atoms with Gasteiger partial charge in [-0.2, -0.15) is 0 Å². The highest BCUT2D eigenvalue weighted by Gasteiger charge is 2.28. The van der Waals surface area contributed by atoms with Crippen LogP contribution in [0.3, 0.4) is 0 Å². The van der Waals surface area contributed by atoms with Crippen LogP contribution in [-0.2, 0) is 10.0 Å². The van der Waals surface area contributed by atoms with Gasteiger partial charge in [0.2, 0.25) is 10.0 Å². The molecule has 1 saturated heterocycles. The molecule has 1 aromatic rings. The van der Waals surface area contributed by atoms with E-state index in [4.69, 9.17) is 0 Å². The van der Waals surface area contributed by atoms with Crippen LogP contribution in [0, 0.1) is 10.1 Å². The van der Waals surface area contributed by atoms with E-state index in [1.165, 1.54) is 18.2 Å². The number of nitro benzene ring substituents is 1. The van der Waals surface area contributed by atoms with E-state index >= 15 is 0 Å². The molecule has 0 amide bonds. The zero-order chi connectivity index (χ0) is 14.8. The quantitative estimate of drug-likeness (QED) is 0.621. The summed E-state index contributed by atoms with van der Waals surface area (Å²) in [5.74, 6) is 0. The SMILES string of the molecule is O=[N+]([O-])c1ccc(Br)cc1S(=O)(=O)NC1CCNCC1. The lowest BCUT2D eigenvalue weighted by molar-refractivity contribution is -0.387. The number of nitro groups is 1. The van der Waals surface area contributed by atoms with Gasteiger partial charge in [-0.05, 0) is 38.1 Å². The largest absolute Gasteiger partial charge is 0.317 e. The fourth-order valence-corrected chi connectivity index (χ4v) is 4.09. The van der Waals surface area contributed by atoms with E-state index in [0.717, 1.165) is 13.1 Å². The van der Waals surface area contributed by atoms with Crippen molar-refractivity contribution in [3.05, 3.63) is 32.8 Å². The number of benzene rings is 1. The molecule has 0 spiro atoms. The fraction of sp³-hybridized carbons (Fsp3) is 0.455. The maximum Gasteiger partial charge on any atom is 0.289 e. The second-order valence-electron chi connectivity index (χ2n) is 4.51. The lowest BCUT2D eigenvalue weighted by Crippen LogP contribution is -2.42. The summed E-state index contributed by atoms with van der Waals surface area (Å²) in [4.78, 5) is 9.96. The molecule has 0 atom stereocenters. The second-order valence-corrected chi connectivity index (χ2v) is 7.11. The average molecular weight is 364 g/mol. The number of rotatable bonds is 4. The number of nitrogens with zero attached hydrogens (tertiary/aromatic N) is 1. The Balaban J connectivity index is 2.32. The van der Waals surface area contributed by atoms with Crippen LogP contribution in [0.25, 0.3) is 0 Å². The van der Waals surface area contributed by atoms with Crippen LogP contribution in [0.4, 0.5) is 5.69 Å². The summed E-state index contributed by atoms with van der Waals surface area (Å²) in [6.07, 6.45) is 1.34. The first-order valence-electron chi connectivity index (χ1n) is 6.07. The van der Waals surface area contributed by atoms with Gasteiger partial charge in [-0.25, -0.2) is 13.1 Å². The Hall–Kier alpha value is -1.03. The minimum Gasteiger partial charge on any atom is -0.317 e. The maximum atomic E-state index is 12.3. The summed E-state index contributed by atoms with van der Waals surface area (Å²) in [6, 6.07) is 3.68. The van der Waals surface area contributed by atoms with Crippen molar-refractivity contribution in [3.8, 4) is 0 Å². The van der Waals surface area contributed by atoms with Gasteiger partial charge in [0.15, 0.2) is 4.90 Å². The molecular formula is C11H14BrN3O4S. The molecule has 0 bridgehead atoms. The molecule has 2 rings (SSSR count). The van der Waals surface area contributed by atoms with Gasteiger partial charge in [-0.15, -0.1) is 0 Å². The van der Waals surface area contributed by atoms with E-state index in [0.29, 0.717) is 17.3 Å². The minimum atomic E-state index is -3.91. The number of hydrogen-bond acceptors (Lipinski definition) is 5. The van der Waals surface area contributed by atoms with Gasteiger partial charge in [-0.1, -0.05) is 15.9 Å². The Bertz CT molecular complexity index is 614. The molecule has 2 N–H and O–H groups in total. The maximum absolute atomic E-state index is 12.3. The summed E-state index contributed by atoms with van der Waals surface area (Å²) in [5.41, 5.74) is -0.422. The lowest BCUT2D eigenvalue weighted by Gasteiger charge is -2.23. The van der Waals surface area contributed by atoms with Gasteiger partial charge in [0.1, 0.15) is 0 Å². The second kappa shape index (κ2) is 6.17. The highest BCUT2D eigenvalue weighted by molar-refractivity contribution is 9.10. The predicted octanol–water partition coefficient (Wildman–Crippen LogP) is 1.39. The van der Waals surface area contributed by atoms with Crippen LogP contribution in [0.5, 0.6) is 0 Å². The standard InChI is InChI=1S/C11H14BrN3O4S/c12-8-1-2-10(15(16)17)11(7-8)20(18,19)14-9-3-5-13-6-4-9/h1-2,7,9,13-14H,3-6H2.